The summed E-state index contributed by atoms with van der Waals surface area (Å²) in [6.45, 7) is 7.20. The number of benzene rings is 2. The van der Waals surface area contributed by atoms with E-state index in [9.17, 15) is 13.2 Å². The van der Waals surface area contributed by atoms with Gasteiger partial charge in [-0.1, -0.05) is 12.1 Å². The number of ether oxygens (including phenoxy) is 2. The van der Waals surface area contributed by atoms with Gasteiger partial charge in [-0.25, -0.2) is 13.2 Å². The van der Waals surface area contributed by atoms with Crippen molar-refractivity contribution in [1.29, 1.82) is 0 Å². The number of halogens is 1. The van der Waals surface area contributed by atoms with Crippen LogP contribution in [0.25, 0.3) is 0 Å². The Hall–Kier alpha value is -2.06. The molecule has 0 spiro atoms. The average Bonchev–Trinajstić information content (AvgIpc) is 2.74. The summed E-state index contributed by atoms with van der Waals surface area (Å²) in [5.74, 6) is 1.92. The summed E-state index contributed by atoms with van der Waals surface area (Å²) in [6, 6.07) is 12.8. The summed E-state index contributed by atoms with van der Waals surface area (Å²) in [4.78, 5) is 14.3. The molecule has 0 radical (unpaired) electrons. The van der Waals surface area contributed by atoms with E-state index in [0.29, 0.717) is 16.1 Å². The van der Waals surface area contributed by atoms with Gasteiger partial charge in [-0.15, -0.1) is 0 Å². The van der Waals surface area contributed by atoms with Crippen molar-refractivity contribution in [3.63, 3.8) is 0 Å². The maximum absolute atomic E-state index is 12.2. The number of carbonyl (C=O) groups excluding carboxylic acids is 1. The lowest BCUT2D eigenvalue weighted by Gasteiger charge is -2.33. The van der Waals surface area contributed by atoms with Crippen molar-refractivity contribution < 1.29 is 22.7 Å². The molecule has 0 N–H and O–H groups in total. The van der Waals surface area contributed by atoms with Gasteiger partial charge in [-0.3, -0.25) is 0 Å². The van der Waals surface area contributed by atoms with Crippen LogP contribution in [0.2, 0.25) is 0 Å². The Bertz CT molecular complexity index is 1100. The third kappa shape index (κ3) is 8.01. The molecule has 1 amide bonds. The minimum absolute atomic E-state index is 0.208. The lowest BCUT2D eigenvalue weighted by Crippen LogP contribution is -2.41. The number of likely N-dealkylation sites (tertiary alicyclic amines) is 1. The SMILES string of the molecule is CC(C)(C)OC(=O)N1CCC(CCCc2cccc(Oc3ccc(S(C)(=O)=O)cc3Br)c2)CC1. The predicted molar refractivity (Wildman–Crippen MR) is 137 cm³/mol. The summed E-state index contributed by atoms with van der Waals surface area (Å²) in [5.41, 5.74) is 0.745. The molecule has 0 atom stereocenters. The molecule has 1 saturated heterocycles. The Morgan fingerprint density at radius 2 is 1.82 bits per heavy atom. The van der Waals surface area contributed by atoms with Crippen molar-refractivity contribution in [3.05, 3.63) is 52.5 Å². The second-order valence-electron chi connectivity index (χ2n) is 9.92. The van der Waals surface area contributed by atoms with Gasteiger partial charge in [0, 0.05) is 19.3 Å². The zero-order valence-corrected chi connectivity index (χ0v) is 22.7. The van der Waals surface area contributed by atoms with Crippen LogP contribution in [-0.4, -0.2) is 44.4 Å². The topological polar surface area (TPSA) is 72.9 Å². The minimum atomic E-state index is -3.27. The molecule has 1 aliphatic rings. The van der Waals surface area contributed by atoms with Crippen molar-refractivity contribution in [2.24, 2.45) is 5.92 Å². The third-order valence-electron chi connectivity index (χ3n) is 5.80. The van der Waals surface area contributed by atoms with E-state index in [4.69, 9.17) is 9.47 Å². The van der Waals surface area contributed by atoms with E-state index in [2.05, 4.69) is 22.0 Å². The number of nitrogens with zero attached hydrogens (tertiary/aromatic N) is 1. The van der Waals surface area contributed by atoms with Crippen molar-refractivity contribution >= 4 is 31.9 Å². The molecule has 1 aliphatic heterocycles. The van der Waals surface area contributed by atoms with Crippen LogP contribution in [0, 0.1) is 5.92 Å². The molecule has 0 unspecified atom stereocenters. The first-order valence-corrected chi connectivity index (χ1v) is 14.3. The highest BCUT2D eigenvalue weighted by Crippen LogP contribution is 2.32. The number of hydrogen-bond donors (Lipinski definition) is 0. The highest BCUT2D eigenvalue weighted by Gasteiger charge is 2.26. The van der Waals surface area contributed by atoms with Crippen molar-refractivity contribution in [2.75, 3.05) is 19.3 Å². The summed E-state index contributed by atoms with van der Waals surface area (Å²) < 4.78 is 35.5. The third-order valence-corrected chi connectivity index (χ3v) is 7.53. The van der Waals surface area contributed by atoms with E-state index in [0.717, 1.165) is 50.9 Å². The normalized spacial score (nSPS) is 15.3. The van der Waals surface area contributed by atoms with Crippen LogP contribution in [-0.2, 0) is 21.0 Å². The van der Waals surface area contributed by atoms with Crippen LogP contribution in [0.3, 0.4) is 0 Å². The zero-order valence-electron chi connectivity index (χ0n) is 20.3. The molecule has 0 saturated carbocycles. The van der Waals surface area contributed by atoms with Gasteiger partial charge in [0.15, 0.2) is 9.84 Å². The Morgan fingerprint density at radius 3 is 2.44 bits per heavy atom. The fourth-order valence-electron chi connectivity index (χ4n) is 4.01. The fraction of sp³-hybridized carbons (Fsp3) is 0.500. The molecular weight excluding hydrogens is 518 g/mol. The second-order valence-corrected chi connectivity index (χ2v) is 12.8. The molecular formula is C26H34BrNO5S. The van der Waals surface area contributed by atoms with Crippen LogP contribution >= 0.6 is 15.9 Å². The molecule has 3 rings (SSSR count). The predicted octanol–water partition coefficient (Wildman–Crippen LogP) is 6.61. The standard InChI is InChI=1S/C26H34BrNO5S/c1-26(2,3)33-25(29)28-15-13-19(14-16-28)7-5-8-20-9-6-10-21(17-20)32-24-12-11-22(18-23(24)27)34(4,30)31/h6,9-12,17-19H,5,7-8,13-16H2,1-4H3. The van der Waals surface area contributed by atoms with Gasteiger partial charge in [-0.2, -0.15) is 0 Å². The molecule has 0 bridgehead atoms. The fourth-order valence-corrected chi connectivity index (χ4v) is 5.27. The van der Waals surface area contributed by atoms with Crippen LogP contribution < -0.4 is 4.74 Å². The van der Waals surface area contributed by atoms with Gasteiger partial charge in [-0.05, 0) is 111 Å². The smallest absolute Gasteiger partial charge is 0.410 e. The van der Waals surface area contributed by atoms with Crippen molar-refractivity contribution in [1.82, 2.24) is 4.90 Å². The molecule has 0 aliphatic carbocycles. The van der Waals surface area contributed by atoms with Gasteiger partial charge >= 0.3 is 6.09 Å². The maximum Gasteiger partial charge on any atom is 0.410 e. The highest BCUT2D eigenvalue weighted by atomic mass is 79.9. The van der Waals surface area contributed by atoms with Crippen molar-refractivity contribution in [2.45, 2.75) is 63.4 Å². The van der Waals surface area contributed by atoms with Gasteiger partial charge in [0.25, 0.3) is 0 Å². The van der Waals surface area contributed by atoms with E-state index < -0.39 is 15.4 Å². The largest absolute Gasteiger partial charge is 0.456 e. The van der Waals surface area contributed by atoms with E-state index in [1.165, 1.54) is 11.8 Å². The minimum Gasteiger partial charge on any atom is -0.456 e. The summed E-state index contributed by atoms with van der Waals surface area (Å²) in [5, 5.41) is 0. The second kappa shape index (κ2) is 11.1. The van der Waals surface area contributed by atoms with Gasteiger partial charge in [0.1, 0.15) is 17.1 Å². The molecule has 2 aromatic carbocycles. The molecule has 6 nitrogen and oxygen atoms in total. The maximum atomic E-state index is 12.2. The lowest BCUT2D eigenvalue weighted by atomic mass is 9.91. The first-order valence-electron chi connectivity index (χ1n) is 11.6. The Labute approximate surface area is 211 Å². The zero-order chi connectivity index (χ0) is 24.9. The first-order chi connectivity index (χ1) is 15.9. The number of piperidine rings is 1. The van der Waals surface area contributed by atoms with E-state index in [1.807, 2.05) is 43.9 Å². The number of rotatable bonds is 7. The molecule has 8 heteroatoms. The number of hydrogen-bond acceptors (Lipinski definition) is 5. The summed E-state index contributed by atoms with van der Waals surface area (Å²) >= 11 is 3.41. The number of carbonyl (C=O) groups is 1. The van der Waals surface area contributed by atoms with Crippen LogP contribution in [0.5, 0.6) is 11.5 Å². The summed E-state index contributed by atoms with van der Waals surface area (Å²) in [6.07, 6.45) is 6.17. The number of amides is 1. The summed E-state index contributed by atoms with van der Waals surface area (Å²) in [7, 11) is -3.27. The van der Waals surface area contributed by atoms with Crippen LogP contribution in [0.1, 0.15) is 52.0 Å². The molecule has 186 valence electrons. The van der Waals surface area contributed by atoms with E-state index >= 15 is 0 Å². The number of sulfone groups is 1. The van der Waals surface area contributed by atoms with Crippen LogP contribution in [0.4, 0.5) is 4.79 Å². The van der Waals surface area contributed by atoms with Gasteiger partial charge < -0.3 is 14.4 Å². The van der Waals surface area contributed by atoms with E-state index in [1.54, 1.807) is 18.2 Å². The first kappa shape index (κ1) is 26.5. The van der Waals surface area contributed by atoms with Gasteiger partial charge in [0.05, 0.1) is 9.37 Å². The van der Waals surface area contributed by atoms with Crippen molar-refractivity contribution in [3.8, 4) is 11.5 Å². The van der Waals surface area contributed by atoms with Gasteiger partial charge in [0.2, 0.25) is 0 Å². The average molecular weight is 553 g/mol. The number of aryl methyl sites for hydroxylation is 1. The molecule has 2 aromatic rings. The van der Waals surface area contributed by atoms with E-state index in [-0.39, 0.29) is 11.0 Å². The van der Waals surface area contributed by atoms with Crippen LogP contribution in [0.15, 0.2) is 51.8 Å². The Kier molecular flexibility index (Phi) is 8.68. The quantitative estimate of drug-likeness (QED) is 0.386. The lowest BCUT2D eigenvalue weighted by molar-refractivity contribution is 0.0180. The molecule has 0 aromatic heterocycles. The Morgan fingerprint density at radius 1 is 1.12 bits per heavy atom. The Balaban J connectivity index is 1.47. The molecule has 34 heavy (non-hydrogen) atoms. The molecule has 1 fully saturated rings. The monoisotopic (exact) mass is 551 g/mol. The molecule has 1 heterocycles. The highest BCUT2D eigenvalue weighted by molar-refractivity contribution is 9.10.